The molecule has 1 atom stereocenters. The van der Waals surface area contributed by atoms with Crippen LogP contribution >= 0.6 is 0 Å². The first-order valence-corrected chi connectivity index (χ1v) is 4.72. The normalized spacial score (nSPS) is 21.2. The molecule has 1 aliphatic rings. The van der Waals surface area contributed by atoms with E-state index in [0.717, 1.165) is 12.5 Å². The Morgan fingerprint density at radius 3 is 3.08 bits per heavy atom. The molecule has 0 bridgehead atoms. The first kappa shape index (κ1) is 7.66. The molecule has 0 amide bonds. The van der Waals surface area contributed by atoms with Crippen LogP contribution in [0.15, 0.2) is 24.3 Å². The summed E-state index contributed by atoms with van der Waals surface area (Å²) in [5.41, 5.74) is 2.82. The second-order valence-electron chi connectivity index (χ2n) is 3.52. The van der Waals surface area contributed by atoms with E-state index in [0.29, 0.717) is 0 Å². The quantitative estimate of drug-likeness (QED) is 0.667. The van der Waals surface area contributed by atoms with Crippen LogP contribution in [0, 0.1) is 5.92 Å². The summed E-state index contributed by atoms with van der Waals surface area (Å²) >= 11 is 0. The molecule has 0 aromatic heterocycles. The average molecular weight is 161 g/mol. The number of fused-ring (bicyclic) bond motifs is 1. The Hall–Kier alpha value is -0.980. The molecule has 1 aromatic rings. The predicted molar refractivity (Wildman–Crippen MR) is 52.4 cm³/mol. The maximum Gasteiger partial charge on any atom is 0.0372 e. The van der Waals surface area contributed by atoms with Gasteiger partial charge < -0.3 is 5.32 Å². The Morgan fingerprint density at radius 1 is 1.42 bits per heavy atom. The summed E-state index contributed by atoms with van der Waals surface area (Å²) < 4.78 is 0. The molecule has 1 heteroatoms. The van der Waals surface area contributed by atoms with Crippen molar-refractivity contribution in [3.63, 3.8) is 0 Å². The largest absolute Gasteiger partial charge is 0.385 e. The molecule has 0 spiro atoms. The number of benzene rings is 1. The van der Waals surface area contributed by atoms with E-state index in [2.05, 4.69) is 36.5 Å². The predicted octanol–water partition coefficient (Wildman–Crippen LogP) is 2.68. The molecule has 0 saturated heterocycles. The average Bonchev–Trinajstić information content (AvgIpc) is 2.17. The molecule has 1 nitrogen and oxygen atoms in total. The van der Waals surface area contributed by atoms with Gasteiger partial charge in [0.2, 0.25) is 0 Å². The van der Waals surface area contributed by atoms with Gasteiger partial charge in [-0.15, -0.1) is 0 Å². The lowest BCUT2D eigenvalue weighted by Crippen LogP contribution is -2.22. The van der Waals surface area contributed by atoms with Crippen LogP contribution in [0.3, 0.4) is 0 Å². The van der Waals surface area contributed by atoms with E-state index in [1.165, 1.54) is 24.1 Å². The SMILES string of the molecule is CC[C@@H]1CNc2ccccc2C1. The van der Waals surface area contributed by atoms with Crippen molar-refractivity contribution >= 4 is 5.69 Å². The summed E-state index contributed by atoms with van der Waals surface area (Å²) in [4.78, 5) is 0. The summed E-state index contributed by atoms with van der Waals surface area (Å²) in [6.07, 6.45) is 2.53. The van der Waals surface area contributed by atoms with Crippen molar-refractivity contribution in [2.45, 2.75) is 19.8 Å². The first-order valence-electron chi connectivity index (χ1n) is 4.72. The molecule has 0 aliphatic carbocycles. The zero-order valence-electron chi connectivity index (χ0n) is 7.51. The minimum atomic E-state index is 0.833. The highest BCUT2D eigenvalue weighted by molar-refractivity contribution is 5.52. The van der Waals surface area contributed by atoms with E-state index in [1.54, 1.807) is 0 Å². The molecule has 1 aromatic carbocycles. The van der Waals surface area contributed by atoms with Crippen molar-refractivity contribution in [3.05, 3.63) is 29.8 Å². The number of anilines is 1. The molecule has 2 rings (SSSR count). The molecule has 0 unspecified atom stereocenters. The molecule has 0 fully saturated rings. The van der Waals surface area contributed by atoms with Crippen molar-refractivity contribution in [3.8, 4) is 0 Å². The highest BCUT2D eigenvalue weighted by Crippen LogP contribution is 2.25. The minimum absolute atomic E-state index is 0.833. The van der Waals surface area contributed by atoms with Crippen LogP contribution < -0.4 is 5.32 Å². The van der Waals surface area contributed by atoms with Crippen LogP contribution in [0.5, 0.6) is 0 Å². The highest BCUT2D eigenvalue weighted by Gasteiger charge is 2.15. The minimum Gasteiger partial charge on any atom is -0.385 e. The van der Waals surface area contributed by atoms with Crippen LogP contribution in [0.4, 0.5) is 5.69 Å². The Bertz CT molecular complexity index is 267. The van der Waals surface area contributed by atoms with Crippen LogP contribution in [-0.4, -0.2) is 6.54 Å². The number of para-hydroxylation sites is 1. The van der Waals surface area contributed by atoms with Gasteiger partial charge in [0.05, 0.1) is 0 Å². The van der Waals surface area contributed by atoms with Gasteiger partial charge in [0.1, 0.15) is 0 Å². The Labute approximate surface area is 73.8 Å². The summed E-state index contributed by atoms with van der Waals surface area (Å²) in [6.45, 7) is 3.41. The van der Waals surface area contributed by atoms with E-state index < -0.39 is 0 Å². The van der Waals surface area contributed by atoms with Crippen molar-refractivity contribution in [2.75, 3.05) is 11.9 Å². The van der Waals surface area contributed by atoms with E-state index in [-0.39, 0.29) is 0 Å². The molecule has 1 N–H and O–H groups in total. The zero-order valence-corrected chi connectivity index (χ0v) is 7.51. The fourth-order valence-electron chi connectivity index (χ4n) is 1.80. The highest BCUT2D eigenvalue weighted by atomic mass is 14.9. The van der Waals surface area contributed by atoms with Crippen LogP contribution in [0.1, 0.15) is 18.9 Å². The Balaban J connectivity index is 2.23. The van der Waals surface area contributed by atoms with E-state index in [1.807, 2.05) is 0 Å². The summed E-state index contributed by atoms with van der Waals surface area (Å²) in [5.74, 6) is 0.833. The van der Waals surface area contributed by atoms with E-state index in [4.69, 9.17) is 0 Å². The van der Waals surface area contributed by atoms with Crippen molar-refractivity contribution in [1.82, 2.24) is 0 Å². The maximum absolute atomic E-state index is 3.46. The fraction of sp³-hybridized carbons (Fsp3) is 0.455. The second kappa shape index (κ2) is 3.18. The molecular formula is C11H15N. The lowest BCUT2D eigenvalue weighted by Gasteiger charge is -2.24. The standard InChI is InChI=1S/C11H15N/c1-2-9-7-10-5-3-4-6-11(10)12-8-9/h3-6,9,12H,2,7-8H2,1H3/t9-/m0/s1. The van der Waals surface area contributed by atoms with Crippen molar-refractivity contribution < 1.29 is 0 Å². The smallest absolute Gasteiger partial charge is 0.0372 e. The molecule has 0 saturated carbocycles. The number of nitrogens with one attached hydrogen (secondary N) is 1. The van der Waals surface area contributed by atoms with E-state index >= 15 is 0 Å². The third kappa shape index (κ3) is 1.31. The lowest BCUT2D eigenvalue weighted by molar-refractivity contribution is 0.521. The van der Waals surface area contributed by atoms with Gasteiger partial charge in [-0.3, -0.25) is 0 Å². The lowest BCUT2D eigenvalue weighted by atomic mass is 9.92. The molecule has 64 valence electrons. The third-order valence-electron chi connectivity index (χ3n) is 2.68. The summed E-state index contributed by atoms with van der Waals surface area (Å²) in [6, 6.07) is 8.61. The monoisotopic (exact) mass is 161 g/mol. The van der Waals surface area contributed by atoms with Crippen LogP contribution in [-0.2, 0) is 6.42 Å². The van der Waals surface area contributed by atoms with Gasteiger partial charge in [0, 0.05) is 12.2 Å². The zero-order chi connectivity index (χ0) is 8.39. The van der Waals surface area contributed by atoms with Gasteiger partial charge in [-0.25, -0.2) is 0 Å². The molecular weight excluding hydrogens is 146 g/mol. The Morgan fingerprint density at radius 2 is 2.25 bits per heavy atom. The summed E-state index contributed by atoms with van der Waals surface area (Å²) in [7, 11) is 0. The maximum atomic E-state index is 3.46. The number of rotatable bonds is 1. The Kier molecular flexibility index (Phi) is 2.03. The van der Waals surface area contributed by atoms with Crippen LogP contribution in [0.25, 0.3) is 0 Å². The van der Waals surface area contributed by atoms with Gasteiger partial charge in [-0.2, -0.15) is 0 Å². The van der Waals surface area contributed by atoms with Gasteiger partial charge in [0.25, 0.3) is 0 Å². The third-order valence-corrected chi connectivity index (χ3v) is 2.68. The van der Waals surface area contributed by atoms with Crippen molar-refractivity contribution in [1.29, 1.82) is 0 Å². The van der Waals surface area contributed by atoms with Crippen LogP contribution in [0.2, 0.25) is 0 Å². The fourth-order valence-corrected chi connectivity index (χ4v) is 1.80. The molecule has 1 aliphatic heterocycles. The second-order valence-corrected chi connectivity index (χ2v) is 3.52. The molecule has 1 heterocycles. The van der Waals surface area contributed by atoms with Gasteiger partial charge in [0.15, 0.2) is 0 Å². The molecule has 12 heavy (non-hydrogen) atoms. The number of hydrogen-bond acceptors (Lipinski definition) is 1. The first-order chi connectivity index (χ1) is 5.90. The molecule has 0 radical (unpaired) electrons. The van der Waals surface area contributed by atoms with Crippen molar-refractivity contribution in [2.24, 2.45) is 5.92 Å². The summed E-state index contributed by atoms with van der Waals surface area (Å²) in [5, 5.41) is 3.46. The number of hydrogen-bond donors (Lipinski definition) is 1. The van der Waals surface area contributed by atoms with E-state index in [9.17, 15) is 0 Å². The van der Waals surface area contributed by atoms with Gasteiger partial charge in [-0.1, -0.05) is 31.5 Å². The topological polar surface area (TPSA) is 12.0 Å². The van der Waals surface area contributed by atoms with Gasteiger partial charge >= 0.3 is 0 Å². The van der Waals surface area contributed by atoms with Gasteiger partial charge in [-0.05, 0) is 24.0 Å².